The first-order valence-corrected chi connectivity index (χ1v) is 9.54. The van der Waals surface area contributed by atoms with Crippen molar-refractivity contribution in [3.05, 3.63) is 76.8 Å². The molecule has 0 atom stereocenters. The molecule has 2 aromatic carbocycles. The highest BCUT2D eigenvalue weighted by Crippen LogP contribution is 2.18. The molecule has 0 radical (unpaired) electrons. The van der Waals surface area contributed by atoms with Gasteiger partial charge in [0, 0.05) is 11.4 Å². The van der Waals surface area contributed by atoms with Crippen LogP contribution in [0.2, 0.25) is 0 Å². The number of ether oxygens (including phenoxy) is 1. The average molecular weight is 417 g/mol. The number of halogens is 2. The summed E-state index contributed by atoms with van der Waals surface area (Å²) >= 11 is 1.14. The number of anilines is 1. The van der Waals surface area contributed by atoms with Gasteiger partial charge in [0.1, 0.15) is 24.0 Å². The van der Waals surface area contributed by atoms with Crippen molar-refractivity contribution in [2.75, 3.05) is 18.5 Å². The fraction of sp³-hybridized carbons (Fsp3) is 0.150. The molecule has 3 rings (SSSR count). The summed E-state index contributed by atoms with van der Waals surface area (Å²) in [5, 5.41) is 7.10. The molecule has 29 heavy (non-hydrogen) atoms. The number of hydrogen-bond donors (Lipinski definition) is 2. The lowest BCUT2D eigenvalue weighted by atomic mass is 10.2. The third-order valence-electron chi connectivity index (χ3n) is 3.72. The summed E-state index contributed by atoms with van der Waals surface area (Å²) in [5.74, 6) is -1.52. The first-order valence-electron chi connectivity index (χ1n) is 8.66. The normalized spacial score (nSPS) is 10.4. The third kappa shape index (κ3) is 6.08. The number of carbonyl (C=O) groups excluding carboxylic acids is 2. The molecular weight excluding hydrogens is 400 g/mol. The molecule has 0 saturated carbocycles. The predicted molar refractivity (Wildman–Crippen MR) is 105 cm³/mol. The fourth-order valence-corrected chi connectivity index (χ4v) is 3.10. The highest BCUT2D eigenvalue weighted by Gasteiger charge is 2.14. The van der Waals surface area contributed by atoms with Gasteiger partial charge in [0.05, 0.1) is 24.2 Å². The van der Waals surface area contributed by atoms with Gasteiger partial charge in [-0.1, -0.05) is 18.2 Å². The Morgan fingerprint density at radius 3 is 2.72 bits per heavy atom. The van der Waals surface area contributed by atoms with Gasteiger partial charge in [-0.2, -0.15) is 0 Å². The molecule has 0 aliphatic rings. The Morgan fingerprint density at radius 1 is 1.10 bits per heavy atom. The second kappa shape index (κ2) is 9.74. The maximum Gasteiger partial charge on any atom is 0.260 e. The molecule has 1 heterocycles. The highest BCUT2D eigenvalue weighted by molar-refractivity contribution is 7.14. The molecule has 2 amide bonds. The molecule has 0 bridgehead atoms. The maximum absolute atomic E-state index is 13.6. The van der Waals surface area contributed by atoms with Crippen LogP contribution in [0.1, 0.15) is 16.1 Å². The van der Waals surface area contributed by atoms with Gasteiger partial charge < -0.3 is 10.1 Å². The van der Waals surface area contributed by atoms with Gasteiger partial charge in [0.2, 0.25) is 5.91 Å². The Bertz CT molecular complexity index is 1010. The lowest BCUT2D eigenvalue weighted by molar-refractivity contribution is -0.120. The van der Waals surface area contributed by atoms with E-state index in [1.807, 2.05) is 0 Å². The molecule has 0 aliphatic heterocycles. The average Bonchev–Trinajstić information content (AvgIpc) is 3.12. The topological polar surface area (TPSA) is 80.3 Å². The quantitative estimate of drug-likeness (QED) is 0.551. The van der Waals surface area contributed by atoms with E-state index in [2.05, 4.69) is 15.6 Å². The summed E-state index contributed by atoms with van der Waals surface area (Å²) in [6.45, 7) is 0.437. The number of rotatable bonds is 8. The molecule has 150 valence electrons. The number of nitrogens with one attached hydrogen (secondary N) is 2. The van der Waals surface area contributed by atoms with E-state index in [-0.39, 0.29) is 36.2 Å². The zero-order valence-electron chi connectivity index (χ0n) is 15.2. The Morgan fingerprint density at radius 2 is 1.93 bits per heavy atom. The number of hydrogen-bond acceptors (Lipinski definition) is 5. The van der Waals surface area contributed by atoms with Gasteiger partial charge in [-0.15, -0.1) is 11.3 Å². The van der Waals surface area contributed by atoms with Gasteiger partial charge in [0.25, 0.3) is 5.91 Å². The molecule has 6 nitrogen and oxygen atoms in total. The molecule has 1 aromatic heterocycles. The van der Waals surface area contributed by atoms with Crippen LogP contribution in [0.4, 0.5) is 13.9 Å². The van der Waals surface area contributed by atoms with E-state index in [1.165, 1.54) is 36.4 Å². The number of amides is 2. The van der Waals surface area contributed by atoms with E-state index in [9.17, 15) is 18.4 Å². The zero-order chi connectivity index (χ0) is 20.6. The van der Waals surface area contributed by atoms with E-state index in [0.717, 1.165) is 11.3 Å². The zero-order valence-corrected chi connectivity index (χ0v) is 16.0. The largest absolute Gasteiger partial charge is 0.492 e. The Balaban J connectivity index is 1.43. The van der Waals surface area contributed by atoms with Crippen LogP contribution < -0.4 is 15.4 Å². The second-order valence-corrected chi connectivity index (χ2v) is 6.77. The summed E-state index contributed by atoms with van der Waals surface area (Å²) in [6.07, 6.45) is 0.0199. The van der Waals surface area contributed by atoms with Crippen molar-refractivity contribution in [3.63, 3.8) is 0 Å². The minimum absolute atomic E-state index is 0.0199. The van der Waals surface area contributed by atoms with E-state index in [0.29, 0.717) is 11.4 Å². The molecule has 3 aromatic rings. The van der Waals surface area contributed by atoms with Gasteiger partial charge in [0.15, 0.2) is 5.13 Å². The van der Waals surface area contributed by atoms with Gasteiger partial charge in [-0.3, -0.25) is 14.9 Å². The lowest BCUT2D eigenvalue weighted by Gasteiger charge is -2.07. The number of benzene rings is 2. The van der Waals surface area contributed by atoms with Crippen LogP contribution >= 0.6 is 11.3 Å². The molecule has 0 spiro atoms. The summed E-state index contributed by atoms with van der Waals surface area (Å²) in [5.41, 5.74) is 0.391. The van der Waals surface area contributed by atoms with Crippen molar-refractivity contribution < 1.29 is 23.1 Å². The van der Waals surface area contributed by atoms with Gasteiger partial charge in [-0.25, -0.2) is 13.8 Å². The molecule has 0 fully saturated rings. The Labute approximate surface area is 169 Å². The standard InChI is InChI=1S/C20H17F2N3O3S/c21-13-4-3-5-15(10-13)28-9-8-23-18(26)11-14-12-29-20(24-14)25-19(27)16-6-1-2-7-17(16)22/h1-7,10,12H,8-9,11H2,(H,23,26)(H,24,25,27). The number of nitrogens with zero attached hydrogens (tertiary/aromatic N) is 1. The lowest BCUT2D eigenvalue weighted by Crippen LogP contribution is -2.29. The van der Waals surface area contributed by atoms with E-state index < -0.39 is 17.5 Å². The molecule has 2 N–H and O–H groups in total. The third-order valence-corrected chi connectivity index (χ3v) is 4.53. The van der Waals surface area contributed by atoms with Crippen LogP contribution in [-0.4, -0.2) is 29.9 Å². The number of aromatic nitrogens is 1. The van der Waals surface area contributed by atoms with E-state index >= 15 is 0 Å². The minimum Gasteiger partial charge on any atom is -0.492 e. The molecular formula is C20H17F2N3O3S. The molecule has 0 saturated heterocycles. The van der Waals surface area contributed by atoms with Crippen molar-refractivity contribution in [1.82, 2.24) is 10.3 Å². The van der Waals surface area contributed by atoms with Crippen LogP contribution in [-0.2, 0) is 11.2 Å². The van der Waals surface area contributed by atoms with Crippen molar-refractivity contribution in [2.24, 2.45) is 0 Å². The predicted octanol–water partition coefficient (Wildman–Crippen LogP) is 3.41. The van der Waals surface area contributed by atoms with Crippen molar-refractivity contribution in [2.45, 2.75) is 6.42 Å². The Kier molecular flexibility index (Phi) is 6.85. The molecule has 9 heteroatoms. The fourth-order valence-electron chi connectivity index (χ4n) is 2.40. The van der Waals surface area contributed by atoms with Crippen molar-refractivity contribution in [3.8, 4) is 5.75 Å². The van der Waals surface area contributed by atoms with Crippen LogP contribution in [0, 0.1) is 11.6 Å². The Hall–Kier alpha value is -3.33. The summed E-state index contributed by atoms with van der Waals surface area (Å²) < 4.78 is 32.0. The van der Waals surface area contributed by atoms with Gasteiger partial charge in [-0.05, 0) is 24.3 Å². The molecule has 0 unspecified atom stereocenters. The van der Waals surface area contributed by atoms with Crippen LogP contribution in [0.15, 0.2) is 53.9 Å². The van der Waals surface area contributed by atoms with Crippen LogP contribution in [0.5, 0.6) is 5.75 Å². The molecule has 0 aliphatic carbocycles. The van der Waals surface area contributed by atoms with Crippen molar-refractivity contribution >= 4 is 28.3 Å². The van der Waals surface area contributed by atoms with Crippen LogP contribution in [0.3, 0.4) is 0 Å². The first-order chi connectivity index (χ1) is 14.0. The first kappa shape index (κ1) is 20.4. The second-order valence-electron chi connectivity index (χ2n) is 5.91. The highest BCUT2D eigenvalue weighted by atomic mass is 32.1. The maximum atomic E-state index is 13.6. The van der Waals surface area contributed by atoms with E-state index in [1.54, 1.807) is 17.5 Å². The summed E-state index contributed by atoms with van der Waals surface area (Å²) in [6, 6.07) is 11.4. The SMILES string of the molecule is O=C(Cc1csc(NC(=O)c2ccccc2F)n1)NCCOc1cccc(F)c1. The van der Waals surface area contributed by atoms with Crippen LogP contribution in [0.25, 0.3) is 0 Å². The number of thiazole rings is 1. The van der Waals surface area contributed by atoms with E-state index in [4.69, 9.17) is 4.74 Å². The summed E-state index contributed by atoms with van der Waals surface area (Å²) in [4.78, 5) is 28.2. The smallest absolute Gasteiger partial charge is 0.260 e. The number of carbonyl (C=O) groups is 2. The van der Waals surface area contributed by atoms with Gasteiger partial charge >= 0.3 is 0 Å². The minimum atomic E-state index is -0.624. The summed E-state index contributed by atoms with van der Waals surface area (Å²) in [7, 11) is 0. The van der Waals surface area contributed by atoms with Crippen molar-refractivity contribution in [1.29, 1.82) is 0 Å². The monoisotopic (exact) mass is 417 g/mol.